The smallest absolute Gasteiger partial charge is 0.264 e. The summed E-state index contributed by atoms with van der Waals surface area (Å²) in [5.41, 5.74) is 0.00188. The van der Waals surface area contributed by atoms with Crippen molar-refractivity contribution in [3.8, 4) is 0 Å². The van der Waals surface area contributed by atoms with Crippen LogP contribution in [-0.2, 0) is 14.8 Å². The fourth-order valence-corrected chi connectivity index (χ4v) is 4.77. The fraction of sp³-hybridized carbons (Fsp3) is 0.273. The van der Waals surface area contributed by atoms with Gasteiger partial charge in [0.05, 0.1) is 10.6 Å². The Bertz CT molecular complexity index is 1270. The van der Waals surface area contributed by atoms with Gasteiger partial charge in [0, 0.05) is 43.9 Å². The Balaban J connectivity index is 1.98. The molecule has 1 aromatic heterocycles. The van der Waals surface area contributed by atoms with Crippen LogP contribution in [0.5, 0.6) is 0 Å². The molecule has 170 valence electrons. The molecule has 0 aliphatic heterocycles. The Morgan fingerprint density at radius 3 is 2.56 bits per heavy atom. The third kappa shape index (κ3) is 4.81. The zero-order valence-corrected chi connectivity index (χ0v) is 18.5. The third-order valence-corrected chi connectivity index (χ3v) is 6.80. The maximum Gasteiger partial charge on any atom is 0.264 e. The van der Waals surface area contributed by atoms with E-state index in [1.54, 1.807) is 14.0 Å². The number of sulfonamides is 1. The topological polar surface area (TPSA) is 109 Å². The number of nitrogens with zero attached hydrogens (tertiary/aromatic N) is 1. The van der Waals surface area contributed by atoms with Crippen LogP contribution in [0.25, 0.3) is 10.9 Å². The van der Waals surface area contributed by atoms with E-state index in [-0.39, 0.29) is 22.4 Å². The van der Waals surface area contributed by atoms with Crippen molar-refractivity contribution in [2.24, 2.45) is 0 Å². The highest BCUT2D eigenvalue weighted by atomic mass is 32.2. The van der Waals surface area contributed by atoms with Crippen LogP contribution in [-0.4, -0.2) is 46.1 Å². The zero-order chi connectivity index (χ0) is 23.3. The van der Waals surface area contributed by atoms with Crippen LogP contribution in [0.15, 0.2) is 58.4 Å². The van der Waals surface area contributed by atoms with E-state index < -0.39 is 27.2 Å². The van der Waals surface area contributed by atoms with Crippen molar-refractivity contribution in [3.63, 3.8) is 0 Å². The predicted molar refractivity (Wildman–Crippen MR) is 120 cm³/mol. The average molecular weight is 462 g/mol. The monoisotopic (exact) mass is 461 g/mol. The van der Waals surface area contributed by atoms with Gasteiger partial charge in [-0.1, -0.05) is 0 Å². The van der Waals surface area contributed by atoms with Gasteiger partial charge in [-0.2, -0.15) is 0 Å². The highest BCUT2D eigenvalue weighted by Gasteiger charge is 2.25. The number of methoxy groups -OCH3 is 1. The number of fused-ring (bicyclic) bond motifs is 1. The van der Waals surface area contributed by atoms with Crippen LogP contribution in [0.4, 0.5) is 10.1 Å². The largest absolute Gasteiger partial charge is 0.385 e. The van der Waals surface area contributed by atoms with E-state index in [2.05, 4.69) is 10.3 Å². The number of carbonyl (C=O) groups is 1. The molecule has 0 saturated heterocycles. The van der Waals surface area contributed by atoms with Gasteiger partial charge in [0.1, 0.15) is 11.4 Å². The molecule has 0 fully saturated rings. The number of ether oxygens (including phenoxy) is 1. The molecule has 8 nitrogen and oxygen atoms in total. The molecular formula is C22H24FN3O5S. The number of H-pyrrole nitrogens is 1. The first-order valence-electron chi connectivity index (χ1n) is 10.0. The van der Waals surface area contributed by atoms with E-state index in [1.807, 2.05) is 0 Å². The van der Waals surface area contributed by atoms with E-state index in [0.717, 1.165) is 4.31 Å². The van der Waals surface area contributed by atoms with E-state index in [4.69, 9.17) is 4.74 Å². The number of hydrogen-bond donors (Lipinski definition) is 2. The molecule has 0 bridgehead atoms. The van der Waals surface area contributed by atoms with E-state index in [0.29, 0.717) is 30.8 Å². The van der Waals surface area contributed by atoms with E-state index in [9.17, 15) is 22.4 Å². The molecule has 3 aromatic rings. The van der Waals surface area contributed by atoms with Crippen molar-refractivity contribution in [2.75, 3.05) is 31.1 Å². The molecule has 0 saturated carbocycles. The molecule has 0 unspecified atom stereocenters. The van der Waals surface area contributed by atoms with Crippen LogP contribution in [0, 0.1) is 5.82 Å². The Hall–Kier alpha value is -3.24. The number of anilines is 1. The first kappa shape index (κ1) is 23.4. The molecule has 1 heterocycles. The molecule has 0 spiro atoms. The van der Waals surface area contributed by atoms with Crippen molar-refractivity contribution >= 4 is 32.5 Å². The number of rotatable bonds is 9. The second-order valence-electron chi connectivity index (χ2n) is 6.99. The molecule has 3 rings (SSSR count). The summed E-state index contributed by atoms with van der Waals surface area (Å²) in [6, 6.07) is 9.20. The minimum Gasteiger partial charge on any atom is -0.385 e. The lowest BCUT2D eigenvalue weighted by atomic mass is 10.1. The van der Waals surface area contributed by atoms with Crippen molar-refractivity contribution in [1.29, 1.82) is 0 Å². The minimum atomic E-state index is -4.04. The lowest BCUT2D eigenvalue weighted by molar-refractivity contribution is 0.0947. The number of pyridine rings is 1. The molecule has 2 aromatic carbocycles. The first-order chi connectivity index (χ1) is 15.3. The summed E-state index contributed by atoms with van der Waals surface area (Å²) < 4.78 is 45.8. The molecule has 1 amide bonds. The highest BCUT2D eigenvalue weighted by molar-refractivity contribution is 7.92. The average Bonchev–Trinajstić information content (AvgIpc) is 2.78. The zero-order valence-electron chi connectivity index (χ0n) is 17.7. The number of benzene rings is 2. The van der Waals surface area contributed by atoms with Gasteiger partial charge in [-0.15, -0.1) is 0 Å². The summed E-state index contributed by atoms with van der Waals surface area (Å²) in [6.07, 6.45) is 1.90. The standard InChI is InChI=1S/C22H24FN3O5S/c1-3-26(16-7-5-15(23)6-8-16)32(29,30)17-9-10-20-18(13-17)21(27)19(14-25-20)22(28)24-11-4-12-31-2/h5-10,13-14H,3-4,11-12H2,1-2H3,(H,24,28)(H,25,27). The second kappa shape index (κ2) is 9.92. The molecule has 0 aliphatic rings. The number of aromatic amines is 1. The van der Waals surface area contributed by atoms with Crippen molar-refractivity contribution < 1.29 is 22.3 Å². The SMILES string of the molecule is CCN(c1ccc(F)cc1)S(=O)(=O)c1ccc2[nH]cc(C(=O)NCCCOC)c(=O)c2c1. The van der Waals surface area contributed by atoms with E-state index >= 15 is 0 Å². The number of carbonyl (C=O) groups excluding carboxylic acids is 1. The number of nitrogens with one attached hydrogen (secondary N) is 2. The lowest BCUT2D eigenvalue weighted by Gasteiger charge is -2.23. The molecule has 0 atom stereocenters. The summed E-state index contributed by atoms with van der Waals surface area (Å²) in [4.78, 5) is 28.1. The summed E-state index contributed by atoms with van der Waals surface area (Å²) in [6.45, 7) is 2.56. The first-order valence-corrected chi connectivity index (χ1v) is 11.4. The Morgan fingerprint density at radius 1 is 1.19 bits per heavy atom. The molecule has 0 aliphatic carbocycles. The lowest BCUT2D eigenvalue weighted by Crippen LogP contribution is -2.31. The van der Waals surface area contributed by atoms with Gasteiger partial charge in [-0.05, 0) is 55.8 Å². The molecular weight excluding hydrogens is 437 g/mol. The summed E-state index contributed by atoms with van der Waals surface area (Å²) in [5.74, 6) is -1.04. The number of hydrogen-bond acceptors (Lipinski definition) is 5. The van der Waals surface area contributed by atoms with Gasteiger partial charge in [-0.25, -0.2) is 12.8 Å². The van der Waals surface area contributed by atoms with Gasteiger partial charge in [0.25, 0.3) is 15.9 Å². The molecule has 32 heavy (non-hydrogen) atoms. The molecule has 2 N–H and O–H groups in total. The van der Waals surface area contributed by atoms with Crippen LogP contribution in [0.1, 0.15) is 23.7 Å². The Morgan fingerprint density at radius 2 is 1.91 bits per heavy atom. The van der Waals surface area contributed by atoms with Crippen LogP contribution < -0.4 is 15.1 Å². The molecule has 0 radical (unpaired) electrons. The normalized spacial score (nSPS) is 11.5. The highest BCUT2D eigenvalue weighted by Crippen LogP contribution is 2.25. The maximum atomic E-state index is 13.3. The minimum absolute atomic E-state index is 0.0748. The van der Waals surface area contributed by atoms with Gasteiger partial charge in [-0.3, -0.25) is 13.9 Å². The van der Waals surface area contributed by atoms with Crippen molar-refractivity contribution in [1.82, 2.24) is 10.3 Å². The fourth-order valence-electron chi connectivity index (χ4n) is 3.27. The van der Waals surface area contributed by atoms with Gasteiger partial charge < -0.3 is 15.0 Å². The summed E-state index contributed by atoms with van der Waals surface area (Å²) >= 11 is 0. The Labute approximate surface area is 185 Å². The second-order valence-corrected chi connectivity index (χ2v) is 8.85. The summed E-state index contributed by atoms with van der Waals surface area (Å²) in [7, 11) is -2.48. The van der Waals surface area contributed by atoms with Gasteiger partial charge >= 0.3 is 0 Å². The van der Waals surface area contributed by atoms with E-state index in [1.165, 1.54) is 48.7 Å². The maximum absolute atomic E-state index is 13.3. The third-order valence-electron chi connectivity index (χ3n) is 4.90. The summed E-state index contributed by atoms with van der Waals surface area (Å²) in [5, 5.41) is 2.72. The quantitative estimate of drug-likeness (QED) is 0.476. The van der Waals surface area contributed by atoms with Gasteiger partial charge in [0.15, 0.2) is 0 Å². The van der Waals surface area contributed by atoms with Crippen LogP contribution in [0.3, 0.4) is 0 Å². The number of aromatic nitrogens is 1. The van der Waals surface area contributed by atoms with Crippen LogP contribution >= 0.6 is 0 Å². The number of amides is 1. The number of halogens is 1. The molecule has 10 heteroatoms. The Kier molecular flexibility index (Phi) is 7.26. The van der Waals surface area contributed by atoms with Gasteiger partial charge in [0.2, 0.25) is 5.43 Å². The predicted octanol–water partition coefficient (Wildman–Crippen LogP) is 2.65. The van der Waals surface area contributed by atoms with Crippen molar-refractivity contribution in [2.45, 2.75) is 18.2 Å². The van der Waals surface area contributed by atoms with Crippen LogP contribution in [0.2, 0.25) is 0 Å². The van der Waals surface area contributed by atoms with Crippen molar-refractivity contribution in [3.05, 3.63) is 70.3 Å².